The number of ether oxygens (including phenoxy) is 1. The Kier molecular flexibility index (Phi) is 5.15. The van der Waals surface area contributed by atoms with E-state index < -0.39 is 18.5 Å². The van der Waals surface area contributed by atoms with Gasteiger partial charge in [0, 0.05) is 21.7 Å². The number of Topliss-reactive ketones (excluding diaryl/α,β-unsaturated/α-hetero) is 1. The minimum Gasteiger partial charge on any atom is -0.482 e. The number of aliphatic imine (C=N–C) groups is 2. The second kappa shape index (κ2) is 7.35. The molecule has 0 radical (unpaired) electrons. The van der Waals surface area contributed by atoms with E-state index in [1.54, 1.807) is 24.3 Å². The van der Waals surface area contributed by atoms with Gasteiger partial charge in [0.15, 0.2) is 11.8 Å². The molecular weight excluding hydrogens is 359 g/mol. The monoisotopic (exact) mass is 374 g/mol. The zero-order chi connectivity index (χ0) is 18.8. The van der Waals surface area contributed by atoms with E-state index >= 15 is 0 Å². The van der Waals surface area contributed by atoms with Crippen LogP contribution in [-0.2, 0) is 16.1 Å². The van der Waals surface area contributed by atoms with Gasteiger partial charge >= 0.3 is 0 Å². The van der Waals surface area contributed by atoms with E-state index in [0.717, 1.165) is 0 Å². The van der Waals surface area contributed by atoms with Crippen molar-refractivity contribution in [3.05, 3.63) is 63.9 Å². The average molecular weight is 375 g/mol. The third-order valence-electron chi connectivity index (χ3n) is 4.04. The van der Waals surface area contributed by atoms with Crippen LogP contribution in [0.2, 0.25) is 5.02 Å². The van der Waals surface area contributed by atoms with Crippen molar-refractivity contribution in [2.24, 2.45) is 9.98 Å². The maximum absolute atomic E-state index is 14.3. The minimum atomic E-state index is -0.973. The lowest BCUT2D eigenvalue weighted by molar-refractivity contribution is -0.117. The van der Waals surface area contributed by atoms with Gasteiger partial charge in [-0.25, -0.2) is 9.38 Å². The van der Waals surface area contributed by atoms with Crippen LogP contribution in [0.1, 0.15) is 23.6 Å². The maximum atomic E-state index is 14.3. The maximum Gasteiger partial charge on any atom is 0.221 e. The van der Waals surface area contributed by atoms with Gasteiger partial charge in [-0.2, -0.15) is 0 Å². The molecule has 1 atom stereocenters. The third-order valence-corrected chi connectivity index (χ3v) is 4.37. The molecule has 0 fully saturated rings. The summed E-state index contributed by atoms with van der Waals surface area (Å²) < 4.78 is 19.6. The molecule has 1 N–H and O–H groups in total. The fourth-order valence-corrected chi connectivity index (χ4v) is 2.96. The third kappa shape index (κ3) is 3.25. The Hall–Kier alpha value is -2.57. The summed E-state index contributed by atoms with van der Waals surface area (Å²) in [6, 6.07) is 8.63. The van der Waals surface area contributed by atoms with Gasteiger partial charge in [0.1, 0.15) is 5.82 Å². The number of hydrogen-bond acceptors (Lipinski definition) is 5. The number of halogens is 2. The quantitative estimate of drug-likeness (QED) is 0.894. The van der Waals surface area contributed by atoms with Crippen LogP contribution in [0, 0.1) is 5.82 Å². The standard InChI is InChI=1S/C19H16ClFN2O3/c1-10(25)17-19(26-2)22-16-7-11(9-24)15(21)8-13(16)18(23-17)12-5-3-4-6-14(12)20/h3-8,17,24H,9H2,1-2H3. The summed E-state index contributed by atoms with van der Waals surface area (Å²) in [5, 5.41) is 9.76. The van der Waals surface area contributed by atoms with Gasteiger partial charge in [-0.05, 0) is 25.1 Å². The highest BCUT2D eigenvalue weighted by Gasteiger charge is 2.29. The van der Waals surface area contributed by atoms with Crippen molar-refractivity contribution in [1.29, 1.82) is 0 Å². The first-order valence-electron chi connectivity index (χ1n) is 7.85. The van der Waals surface area contributed by atoms with Crippen LogP contribution < -0.4 is 0 Å². The molecule has 0 saturated carbocycles. The molecule has 0 spiro atoms. The number of carbonyl (C=O) groups is 1. The van der Waals surface area contributed by atoms with E-state index in [9.17, 15) is 14.3 Å². The molecule has 3 rings (SSSR count). The molecule has 1 heterocycles. The zero-order valence-corrected chi connectivity index (χ0v) is 14.9. The Labute approximate surface area is 154 Å². The predicted molar refractivity (Wildman–Crippen MR) is 98.0 cm³/mol. The molecule has 0 saturated heterocycles. The van der Waals surface area contributed by atoms with Crippen molar-refractivity contribution < 1.29 is 19.0 Å². The molecule has 2 aromatic carbocycles. The molecule has 1 aliphatic rings. The number of benzene rings is 2. The van der Waals surface area contributed by atoms with E-state index in [0.29, 0.717) is 27.5 Å². The molecule has 2 aromatic rings. The van der Waals surface area contributed by atoms with Gasteiger partial charge in [0.25, 0.3) is 0 Å². The van der Waals surface area contributed by atoms with Crippen LogP contribution in [0.25, 0.3) is 0 Å². The highest BCUT2D eigenvalue weighted by Crippen LogP contribution is 2.32. The topological polar surface area (TPSA) is 71.2 Å². The number of methoxy groups -OCH3 is 1. The van der Waals surface area contributed by atoms with Gasteiger partial charge in [0.05, 0.1) is 25.1 Å². The number of fused-ring (bicyclic) bond motifs is 1. The number of rotatable bonds is 3. The van der Waals surface area contributed by atoms with Crippen LogP contribution in [0.5, 0.6) is 0 Å². The lowest BCUT2D eigenvalue weighted by Crippen LogP contribution is -2.28. The van der Waals surface area contributed by atoms with E-state index in [1.165, 1.54) is 26.2 Å². The number of nitrogens with zero attached hydrogens (tertiary/aromatic N) is 2. The highest BCUT2D eigenvalue weighted by molar-refractivity contribution is 6.36. The van der Waals surface area contributed by atoms with E-state index in [1.807, 2.05) is 0 Å². The Bertz CT molecular complexity index is 940. The molecule has 1 unspecified atom stereocenters. The van der Waals surface area contributed by atoms with Crippen molar-refractivity contribution >= 4 is 34.7 Å². The van der Waals surface area contributed by atoms with Gasteiger partial charge in [-0.3, -0.25) is 9.79 Å². The lowest BCUT2D eigenvalue weighted by atomic mass is 9.98. The van der Waals surface area contributed by atoms with Crippen molar-refractivity contribution in [2.45, 2.75) is 19.6 Å². The Morgan fingerprint density at radius 3 is 2.65 bits per heavy atom. The summed E-state index contributed by atoms with van der Waals surface area (Å²) in [4.78, 5) is 21.0. The summed E-state index contributed by atoms with van der Waals surface area (Å²) in [5.74, 6) is -0.774. The molecule has 0 bridgehead atoms. The highest BCUT2D eigenvalue weighted by atomic mass is 35.5. The van der Waals surface area contributed by atoms with Crippen molar-refractivity contribution in [3.8, 4) is 0 Å². The van der Waals surface area contributed by atoms with Gasteiger partial charge in [-0.1, -0.05) is 29.8 Å². The molecule has 26 heavy (non-hydrogen) atoms. The summed E-state index contributed by atoms with van der Waals surface area (Å²) in [7, 11) is 1.39. The lowest BCUT2D eigenvalue weighted by Gasteiger charge is -2.13. The van der Waals surface area contributed by atoms with Crippen LogP contribution in [0.15, 0.2) is 46.4 Å². The second-order valence-corrected chi connectivity index (χ2v) is 6.15. The summed E-state index contributed by atoms with van der Waals surface area (Å²) in [6.45, 7) is 0.897. The van der Waals surface area contributed by atoms with E-state index in [2.05, 4.69) is 9.98 Å². The van der Waals surface area contributed by atoms with Crippen LogP contribution in [0.3, 0.4) is 0 Å². The first-order valence-corrected chi connectivity index (χ1v) is 8.23. The van der Waals surface area contributed by atoms with Gasteiger partial charge in [0.2, 0.25) is 5.90 Å². The number of aliphatic hydroxyl groups excluding tert-OH is 1. The van der Waals surface area contributed by atoms with Crippen LogP contribution in [-0.4, -0.2) is 35.7 Å². The first-order chi connectivity index (χ1) is 12.5. The normalized spacial score (nSPS) is 16.3. The molecular formula is C19H16ClFN2O3. The van der Waals surface area contributed by atoms with Crippen molar-refractivity contribution in [3.63, 3.8) is 0 Å². The molecule has 1 aliphatic heterocycles. The molecule has 134 valence electrons. The Balaban J connectivity index is 2.35. The summed E-state index contributed by atoms with van der Waals surface area (Å²) in [6.07, 6.45) is 0. The molecule has 0 aliphatic carbocycles. The fraction of sp³-hybridized carbons (Fsp3) is 0.211. The molecule has 7 heteroatoms. The van der Waals surface area contributed by atoms with E-state index in [-0.39, 0.29) is 17.2 Å². The number of ketones is 1. The Morgan fingerprint density at radius 2 is 2.04 bits per heavy atom. The van der Waals surface area contributed by atoms with Gasteiger partial charge < -0.3 is 9.84 Å². The first kappa shape index (κ1) is 18.2. The second-order valence-electron chi connectivity index (χ2n) is 5.74. The molecule has 5 nitrogen and oxygen atoms in total. The Morgan fingerprint density at radius 1 is 1.31 bits per heavy atom. The number of carbonyl (C=O) groups excluding carboxylic acids is 1. The largest absolute Gasteiger partial charge is 0.482 e. The zero-order valence-electron chi connectivity index (χ0n) is 14.2. The smallest absolute Gasteiger partial charge is 0.221 e. The average Bonchev–Trinajstić information content (AvgIpc) is 2.78. The van der Waals surface area contributed by atoms with Crippen molar-refractivity contribution in [1.82, 2.24) is 0 Å². The van der Waals surface area contributed by atoms with E-state index in [4.69, 9.17) is 16.3 Å². The van der Waals surface area contributed by atoms with Crippen molar-refractivity contribution in [2.75, 3.05) is 7.11 Å². The van der Waals surface area contributed by atoms with Crippen LogP contribution >= 0.6 is 11.6 Å². The minimum absolute atomic E-state index is 0.0859. The fourth-order valence-electron chi connectivity index (χ4n) is 2.73. The SMILES string of the molecule is COC1=Nc2cc(CO)c(F)cc2C(c2ccccc2Cl)=NC1C(C)=O. The number of aliphatic hydroxyl groups is 1. The summed E-state index contributed by atoms with van der Waals surface area (Å²) >= 11 is 6.31. The van der Waals surface area contributed by atoms with Gasteiger partial charge in [-0.15, -0.1) is 0 Å². The molecule has 0 aromatic heterocycles. The molecule has 0 amide bonds. The van der Waals surface area contributed by atoms with Crippen LogP contribution in [0.4, 0.5) is 10.1 Å². The predicted octanol–water partition coefficient (Wildman–Crippen LogP) is 3.46. The summed E-state index contributed by atoms with van der Waals surface area (Å²) in [5.41, 5.74) is 1.68. The number of hydrogen-bond donors (Lipinski definition) is 1.